The molecule has 1 heterocycles. The topological polar surface area (TPSA) is 100 Å². The van der Waals surface area contributed by atoms with Gasteiger partial charge in [-0.1, -0.05) is 78.9 Å². The van der Waals surface area contributed by atoms with Gasteiger partial charge in [-0.05, 0) is 54.1 Å². The monoisotopic (exact) mass is 542 g/mol. The molecule has 0 aromatic heterocycles. The van der Waals surface area contributed by atoms with Gasteiger partial charge in [0.25, 0.3) is 0 Å². The van der Waals surface area contributed by atoms with Gasteiger partial charge in [0.05, 0.1) is 14.0 Å². The van der Waals surface area contributed by atoms with Crippen molar-refractivity contribution in [3.8, 4) is 23.6 Å². The second-order valence-electron chi connectivity index (χ2n) is 12.4. The Hall–Kier alpha value is -2.42. The highest BCUT2D eigenvalue weighted by atomic mass is 32.2. The second kappa shape index (κ2) is 12.4. The van der Waals surface area contributed by atoms with E-state index in [2.05, 4.69) is 41.5 Å². The van der Waals surface area contributed by atoms with Crippen LogP contribution in [0.25, 0.3) is 0 Å². The number of carbonyl (C=O) groups is 2. The van der Waals surface area contributed by atoms with Crippen LogP contribution in [-0.4, -0.2) is 11.9 Å². The van der Waals surface area contributed by atoms with Crippen molar-refractivity contribution in [2.45, 2.75) is 97.8 Å². The van der Waals surface area contributed by atoms with Crippen molar-refractivity contribution in [3.05, 3.63) is 21.4 Å². The van der Waals surface area contributed by atoms with Gasteiger partial charge in [-0.3, -0.25) is 9.59 Å². The number of rotatable bonds is 8. The molecule has 0 fully saturated rings. The Morgan fingerprint density at radius 3 is 1.78 bits per heavy atom. The molecule has 1 aromatic carbocycles. The molecular formula is C29H38N2O4S2. The van der Waals surface area contributed by atoms with Gasteiger partial charge < -0.3 is 9.47 Å². The molecule has 0 saturated heterocycles. The highest BCUT2D eigenvalue weighted by molar-refractivity contribution is 8.24. The van der Waals surface area contributed by atoms with E-state index in [0.29, 0.717) is 31.1 Å². The van der Waals surface area contributed by atoms with Crippen LogP contribution in [-0.2, 0) is 9.59 Å². The quantitative estimate of drug-likeness (QED) is 0.184. The maximum atomic E-state index is 12.8. The third-order valence-electron chi connectivity index (χ3n) is 5.55. The maximum absolute atomic E-state index is 12.8. The summed E-state index contributed by atoms with van der Waals surface area (Å²) in [7, 11) is 0. The molecule has 1 aliphatic rings. The Morgan fingerprint density at radius 2 is 1.32 bits per heavy atom. The first-order valence-corrected chi connectivity index (χ1v) is 14.2. The summed E-state index contributed by atoms with van der Waals surface area (Å²) in [6.07, 6.45) is 2.31. The predicted octanol–water partition coefficient (Wildman–Crippen LogP) is 8.19. The summed E-state index contributed by atoms with van der Waals surface area (Å²) in [5.74, 6) is 0.348. The summed E-state index contributed by atoms with van der Waals surface area (Å²) in [4.78, 5) is 26.8. The summed E-state index contributed by atoms with van der Waals surface area (Å²) in [5.41, 5.74) is 0.816. The van der Waals surface area contributed by atoms with Gasteiger partial charge in [0.15, 0.2) is 0 Å². The average Bonchev–Trinajstić information content (AvgIpc) is 3.14. The van der Waals surface area contributed by atoms with Gasteiger partial charge >= 0.3 is 11.9 Å². The predicted molar refractivity (Wildman–Crippen MR) is 148 cm³/mol. The van der Waals surface area contributed by atoms with Crippen LogP contribution < -0.4 is 9.47 Å². The minimum absolute atomic E-state index is 0.0315. The van der Waals surface area contributed by atoms with E-state index in [-0.39, 0.29) is 53.0 Å². The molecule has 0 bridgehead atoms. The number of hydrogen-bond acceptors (Lipinski definition) is 8. The molecule has 0 spiro atoms. The normalized spacial score (nSPS) is 14.7. The molecule has 0 aliphatic carbocycles. The largest absolute Gasteiger partial charge is 0.425 e. The lowest BCUT2D eigenvalue weighted by molar-refractivity contribution is -0.137. The van der Waals surface area contributed by atoms with E-state index in [9.17, 15) is 20.1 Å². The Labute approximate surface area is 230 Å². The van der Waals surface area contributed by atoms with E-state index in [1.54, 1.807) is 13.0 Å². The number of fused-ring (bicyclic) bond motifs is 1. The first-order valence-electron chi connectivity index (χ1n) is 12.5. The van der Waals surface area contributed by atoms with Crippen LogP contribution in [0.1, 0.15) is 86.6 Å². The second-order valence-corrected chi connectivity index (χ2v) is 14.7. The summed E-state index contributed by atoms with van der Waals surface area (Å²) < 4.78 is 12.1. The van der Waals surface area contributed by atoms with Crippen molar-refractivity contribution in [2.75, 3.05) is 0 Å². The minimum atomic E-state index is -0.345. The number of hydrogen-bond donors (Lipinski definition) is 0. The van der Waals surface area contributed by atoms with Gasteiger partial charge in [0.1, 0.15) is 29.2 Å². The molecule has 0 saturated carbocycles. The highest BCUT2D eigenvalue weighted by Crippen LogP contribution is 2.59. The van der Waals surface area contributed by atoms with Crippen LogP contribution in [0.15, 0.2) is 25.7 Å². The summed E-state index contributed by atoms with van der Waals surface area (Å²) in [6, 6.07) is 5.54. The zero-order valence-corrected chi connectivity index (χ0v) is 25.0. The molecule has 0 radical (unpaired) electrons. The SMILES string of the molecule is Cc1cc(OC(=O)CC(C)CC(C)(C)C)c2c(c1OC(=O)CC(C)CC(C)(C)C)SC(=C(C#N)C#N)S2. The van der Waals surface area contributed by atoms with Crippen LogP contribution in [0.3, 0.4) is 0 Å². The van der Waals surface area contributed by atoms with E-state index in [0.717, 1.165) is 12.8 Å². The van der Waals surface area contributed by atoms with Crippen LogP contribution in [0.4, 0.5) is 0 Å². The molecule has 2 rings (SSSR count). The molecular weight excluding hydrogens is 504 g/mol. The van der Waals surface area contributed by atoms with Crippen LogP contribution in [0.2, 0.25) is 0 Å². The van der Waals surface area contributed by atoms with Crippen molar-refractivity contribution in [3.63, 3.8) is 0 Å². The van der Waals surface area contributed by atoms with Gasteiger partial charge in [0.2, 0.25) is 0 Å². The average molecular weight is 543 g/mol. The van der Waals surface area contributed by atoms with E-state index in [4.69, 9.17) is 9.47 Å². The zero-order valence-electron chi connectivity index (χ0n) is 23.4. The molecule has 8 heteroatoms. The Kier molecular flexibility index (Phi) is 10.3. The number of esters is 2. The third kappa shape index (κ3) is 9.43. The van der Waals surface area contributed by atoms with Crippen molar-refractivity contribution < 1.29 is 19.1 Å². The number of carbonyl (C=O) groups excluding carboxylic acids is 2. The van der Waals surface area contributed by atoms with E-state index in [1.807, 2.05) is 26.0 Å². The number of benzene rings is 1. The Balaban J connectivity index is 2.36. The van der Waals surface area contributed by atoms with Crippen LogP contribution in [0.5, 0.6) is 11.5 Å². The molecule has 1 aliphatic heterocycles. The van der Waals surface area contributed by atoms with Crippen LogP contribution >= 0.6 is 23.5 Å². The molecule has 0 amide bonds. The first-order chi connectivity index (χ1) is 17.0. The van der Waals surface area contributed by atoms with Crippen molar-refractivity contribution >= 4 is 35.5 Å². The smallest absolute Gasteiger partial charge is 0.311 e. The Morgan fingerprint density at radius 1 is 0.865 bits per heavy atom. The third-order valence-corrected chi connectivity index (χ3v) is 8.16. The van der Waals surface area contributed by atoms with Crippen molar-refractivity contribution in [1.82, 2.24) is 0 Å². The summed E-state index contributed by atoms with van der Waals surface area (Å²) in [6.45, 7) is 18.7. The molecule has 2 unspecified atom stereocenters. The molecule has 1 aromatic rings. The molecule has 0 N–H and O–H groups in total. The first kappa shape index (κ1) is 30.8. The summed E-state index contributed by atoms with van der Waals surface area (Å²) >= 11 is 2.39. The molecule has 2 atom stereocenters. The lowest BCUT2D eigenvalue weighted by atomic mass is 9.84. The van der Waals surface area contributed by atoms with Crippen molar-refractivity contribution in [2.24, 2.45) is 22.7 Å². The fraction of sp³-hybridized carbons (Fsp3) is 0.586. The van der Waals surface area contributed by atoms with Gasteiger partial charge in [-0.2, -0.15) is 10.5 Å². The van der Waals surface area contributed by atoms with E-state index in [1.165, 1.54) is 23.5 Å². The van der Waals surface area contributed by atoms with Crippen LogP contribution in [0, 0.1) is 52.3 Å². The van der Waals surface area contributed by atoms with E-state index >= 15 is 0 Å². The lowest BCUT2D eigenvalue weighted by Crippen LogP contribution is -2.18. The lowest BCUT2D eigenvalue weighted by Gasteiger charge is -2.23. The van der Waals surface area contributed by atoms with Gasteiger partial charge in [-0.15, -0.1) is 0 Å². The Bertz CT molecular complexity index is 1140. The molecule has 6 nitrogen and oxygen atoms in total. The van der Waals surface area contributed by atoms with Gasteiger partial charge in [0, 0.05) is 12.8 Å². The highest BCUT2D eigenvalue weighted by Gasteiger charge is 2.32. The molecule has 200 valence electrons. The number of thioether (sulfide) groups is 2. The minimum Gasteiger partial charge on any atom is -0.425 e. The number of nitrogens with zero attached hydrogens (tertiary/aromatic N) is 2. The standard InChI is InChI=1S/C29H38N2O4S2/c1-17(13-28(4,5)6)10-22(32)34-21-12-19(3)24(35-23(33)11-18(2)14-29(7,8)9)26-25(21)36-27(37-26)20(15-30)16-31/h12,17-18H,10-11,13-14H2,1-9H3. The maximum Gasteiger partial charge on any atom is 0.311 e. The summed E-state index contributed by atoms with van der Waals surface area (Å²) in [5, 5.41) is 18.8. The fourth-order valence-electron chi connectivity index (χ4n) is 4.66. The van der Waals surface area contributed by atoms with Crippen molar-refractivity contribution in [1.29, 1.82) is 10.5 Å². The number of ether oxygens (including phenoxy) is 2. The van der Waals surface area contributed by atoms with Gasteiger partial charge in [-0.25, -0.2) is 0 Å². The van der Waals surface area contributed by atoms with E-state index < -0.39 is 0 Å². The fourth-order valence-corrected chi connectivity index (χ4v) is 7.21. The number of aryl methyl sites for hydroxylation is 1. The number of allylic oxidation sites excluding steroid dienone is 1. The number of nitriles is 2. The molecule has 37 heavy (non-hydrogen) atoms. The zero-order chi connectivity index (χ0) is 28.1.